The van der Waals surface area contributed by atoms with Crippen LogP contribution in [0.3, 0.4) is 0 Å². The highest BCUT2D eigenvalue weighted by atomic mass is 16.1. The van der Waals surface area contributed by atoms with E-state index >= 15 is 0 Å². The number of nitrogen functional groups attached to an aromatic ring is 1. The molecule has 3 N–H and O–H groups in total. The second-order valence-electron chi connectivity index (χ2n) is 3.04. The van der Waals surface area contributed by atoms with E-state index in [4.69, 9.17) is 5.73 Å². The van der Waals surface area contributed by atoms with Crippen molar-refractivity contribution in [1.82, 2.24) is 4.98 Å². The minimum atomic E-state index is -0.212. The fourth-order valence-electron chi connectivity index (χ4n) is 1.42. The summed E-state index contributed by atoms with van der Waals surface area (Å²) in [6, 6.07) is 7.61. The second kappa shape index (κ2) is 2.62. The van der Waals surface area contributed by atoms with Crippen molar-refractivity contribution in [3.63, 3.8) is 0 Å². The first kappa shape index (κ1) is 7.86. The van der Waals surface area contributed by atoms with Crippen LogP contribution >= 0.6 is 0 Å². The summed E-state index contributed by atoms with van der Waals surface area (Å²) in [5, 5.41) is 1.000. The quantitative estimate of drug-likeness (QED) is 0.634. The summed E-state index contributed by atoms with van der Waals surface area (Å²) in [7, 11) is 0. The Balaban J connectivity index is 3.02. The summed E-state index contributed by atoms with van der Waals surface area (Å²) in [6.45, 7) is 1.85. The topological polar surface area (TPSA) is 58.9 Å². The molecule has 1 aromatic heterocycles. The van der Waals surface area contributed by atoms with Gasteiger partial charge in [-0.05, 0) is 18.6 Å². The Hall–Kier alpha value is -1.77. The lowest BCUT2D eigenvalue weighted by Crippen LogP contribution is -2.13. The number of nitrogens with one attached hydrogen (secondary N) is 1. The van der Waals surface area contributed by atoms with Crippen LogP contribution in [-0.2, 0) is 0 Å². The van der Waals surface area contributed by atoms with Crippen LogP contribution in [0.15, 0.2) is 29.1 Å². The van der Waals surface area contributed by atoms with E-state index in [1.807, 2.05) is 31.2 Å². The molecular formula is C10H10N2O. The molecule has 0 saturated heterocycles. The largest absolute Gasteiger partial charge is 0.394 e. The molecular weight excluding hydrogens is 164 g/mol. The third-order valence-electron chi connectivity index (χ3n) is 2.23. The third-order valence-corrected chi connectivity index (χ3v) is 2.23. The van der Waals surface area contributed by atoms with Gasteiger partial charge < -0.3 is 10.7 Å². The number of nitrogens with two attached hydrogens (primary N) is 1. The summed E-state index contributed by atoms with van der Waals surface area (Å²) < 4.78 is 0. The van der Waals surface area contributed by atoms with Gasteiger partial charge in [-0.1, -0.05) is 18.2 Å². The van der Waals surface area contributed by atoms with Gasteiger partial charge in [0.15, 0.2) is 0 Å². The van der Waals surface area contributed by atoms with E-state index in [-0.39, 0.29) is 5.56 Å². The Bertz CT molecular complexity index is 514. The van der Waals surface area contributed by atoms with Gasteiger partial charge in [0.1, 0.15) is 5.69 Å². The fourth-order valence-corrected chi connectivity index (χ4v) is 1.42. The van der Waals surface area contributed by atoms with Crippen molar-refractivity contribution in [3.8, 4) is 0 Å². The van der Waals surface area contributed by atoms with Gasteiger partial charge in [0.25, 0.3) is 5.56 Å². The average Bonchev–Trinajstić information content (AvgIpc) is 2.15. The number of aromatic amines is 1. The number of benzene rings is 1. The first-order valence-corrected chi connectivity index (χ1v) is 4.07. The van der Waals surface area contributed by atoms with E-state index < -0.39 is 0 Å². The van der Waals surface area contributed by atoms with Crippen LogP contribution in [0.25, 0.3) is 10.9 Å². The number of pyridine rings is 1. The van der Waals surface area contributed by atoms with E-state index in [1.165, 1.54) is 0 Å². The molecule has 66 valence electrons. The van der Waals surface area contributed by atoms with Crippen LogP contribution in [0.4, 0.5) is 5.69 Å². The van der Waals surface area contributed by atoms with E-state index in [2.05, 4.69) is 4.98 Å². The zero-order chi connectivity index (χ0) is 9.42. The first-order chi connectivity index (χ1) is 6.20. The first-order valence-electron chi connectivity index (χ1n) is 4.07. The minimum absolute atomic E-state index is 0.212. The summed E-state index contributed by atoms with van der Waals surface area (Å²) in [4.78, 5) is 14.0. The monoisotopic (exact) mass is 174 g/mol. The van der Waals surface area contributed by atoms with Crippen molar-refractivity contribution in [3.05, 3.63) is 40.2 Å². The maximum absolute atomic E-state index is 11.3. The fraction of sp³-hybridized carbons (Fsp3) is 0.100. The van der Waals surface area contributed by atoms with Crippen LogP contribution in [0, 0.1) is 6.92 Å². The maximum Gasteiger partial charge on any atom is 0.271 e. The number of hydrogen-bond donors (Lipinski definition) is 2. The Morgan fingerprint density at radius 2 is 2.00 bits per heavy atom. The van der Waals surface area contributed by atoms with Gasteiger partial charge in [0.2, 0.25) is 0 Å². The SMILES string of the molecule is Cc1c(N)c(=O)[nH]c2ccccc12. The normalized spacial score (nSPS) is 10.5. The molecule has 0 aliphatic carbocycles. The standard InChI is InChI=1S/C10H10N2O/c1-6-7-4-2-3-5-8(7)12-10(13)9(6)11/h2-5H,11H2,1H3,(H,12,13). The molecule has 0 atom stereocenters. The second-order valence-corrected chi connectivity index (χ2v) is 3.04. The molecule has 0 radical (unpaired) electrons. The highest BCUT2D eigenvalue weighted by Crippen LogP contribution is 2.17. The number of aromatic nitrogens is 1. The lowest BCUT2D eigenvalue weighted by atomic mass is 10.1. The Morgan fingerprint density at radius 3 is 2.77 bits per heavy atom. The molecule has 3 nitrogen and oxygen atoms in total. The van der Waals surface area contributed by atoms with Crippen LogP contribution in [0.5, 0.6) is 0 Å². The molecule has 0 aliphatic heterocycles. The summed E-state index contributed by atoms with van der Waals surface area (Å²) in [6.07, 6.45) is 0. The van der Waals surface area contributed by atoms with Gasteiger partial charge in [-0.25, -0.2) is 0 Å². The number of anilines is 1. The zero-order valence-electron chi connectivity index (χ0n) is 7.29. The number of rotatable bonds is 0. The molecule has 0 bridgehead atoms. The molecule has 2 aromatic rings. The van der Waals surface area contributed by atoms with E-state index in [1.54, 1.807) is 0 Å². The van der Waals surface area contributed by atoms with Crippen LogP contribution in [0.1, 0.15) is 5.56 Å². The predicted octanol–water partition coefficient (Wildman–Crippen LogP) is 1.42. The molecule has 0 fully saturated rings. The Labute approximate surface area is 75.2 Å². The number of fused-ring (bicyclic) bond motifs is 1. The molecule has 0 aliphatic rings. The highest BCUT2D eigenvalue weighted by molar-refractivity contribution is 5.85. The number of para-hydroxylation sites is 1. The van der Waals surface area contributed by atoms with Crippen LogP contribution in [0.2, 0.25) is 0 Å². The van der Waals surface area contributed by atoms with Gasteiger partial charge >= 0.3 is 0 Å². The molecule has 2 rings (SSSR count). The van der Waals surface area contributed by atoms with Gasteiger partial charge in [-0.3, -0.25) is 4.79 Å². The van der Waals surface area contributed by atoms with Crippen LogP contribution in [-0.4, -0.2) is 4.98 Å². The smallest absolute Gasteiger partial charge is 0.271 e. The molecule has 0 spiro atoms. The minimum Gasteiger partial charge on any atom is -0.394 e. The third kappa shape index (κ3) is 1.09. The summed E-state index contributed by atoms with van der Waals surface area (Å²) in [5.74, 6) is 0. The molecule has 0 amide bonds. The van der Waals surface area contributed by atoms with Crippen LogP contribution < -0.4 is 11.3 Å². The Kier molecular flexibility index (Phi) is 1.59. The molecule has 3 heteroatoms. The van der Waals surface area contributed by atoms with E-state index in [0.29, 0.717) is 5.69 Å². The van der Waals surface area contributed by atoms with Crippen molar-refractivity contribution >= 4 is 16.6 Å². The lowest BCUT2D eigenvalue weighted by Gasteiger charge is -2.03. The number of aryl methyl sites for hydroxylation is 1. The van der Waals surface area contributed by atoms with Crippen molar-refractivity contribution in [2.45, 2.75) is 6.92 Å². The summed E-state index contributed by atoms with van der Waals surface area (Å²) >= 11 is 0. The summed E-state index contributed by atoms with van der Waals surface area (Å²) in [5.41, 5.74) is 7.38. The maximum atomic E-state index is 11.3. The number of hydrogen-bond acceptors (Lipinski definition) is 2. The van der Waals surface area contributed by atoms with E-state index in [0.717, 1.165) is 16.5 Å². The lowest BCUT2D eigenvalue weighted by molar-refractivity contribution is 1.28. The van der Waals surface area contributed by atoms with Gasteiger partial charge in [0.05, 0.1) is 0 Å². The van der Waals surface area contributed by atoms with Gasteiger partial charge in [-0.2, -0.15) is 0 Å². The molecule has 0 saturated carbocycles. The molecule has 13 heavy (non-hydrogen) atoms. The van der Waals surface area contributed by atoms with Crippen molar-refractivity contribution in [1.29, 1.82) is 0 Å². The number of H-pyrrole nitrogens is 1. The highest BCUT2D eigenvalue weighted by Gasteiger charge is 2.03. The van der Waals surface area contributed by atoms with E-state index in [9.17, 15) is 4.79 Å². The average molecular weight is 174 g/mol. The van der Waals surface area contributed by atoms with Gasteiger partial charge in [0, 0.05) is 10.9 Å². The zero-order valence-corrected chi connectivity index (χ0v) is 7.29. The predicted molar refractivity (Wildman–Crippen MR) is 53.7 cm³/mol. The Morgan fingerprint density at radius 1 is 1.31 bits per heavy atom. The molecule has 1 aromatic carbocycles. The molecule has 0 unspecified atom stereocenters. The van der Waals surface area contributed by atoms with Crippen molar-refractivity contribution in [2.24, 2.45) is 0 Å². The molecule has 1 heterocycles. The van der Waals surface area contributed by atoms with Crippen molar-refractivity contribution < 1.29 is 0 Å². The van der Waals surface area contributed by atoms with Crippen molar-refractivity contribution in [2.75, 3.05) is 5.73 Å². The van der Waals surface area contributed by atoms with Gasteiger partial charge in [-0.15, -0.1) is 0 Å².